The van der Waals surface area contributed by atoms with Crippen LogP contribution in [0.1, 0.15) is 45.1 Å². The van der Waals surface area contributed by atoms with Crippen molar-refractivity contribution in [2.75, 3.05) is 12.3 Å². The van der Waals surface area contributed by atoms with E-state index < -0.39 is 32.6 Å². The van der Waals surface area contributed by atoms with Crippen molar-refractivity contribution in [2.24, 2.45) is 5.73 Å². The molecule has 0 spiro atoms. The molecule has 0 bridgehead atoms. The highest BCUT2D eigenvalue weighted by atomic mass is 32.2. The highest BCUT2D eigenvalue weighted by Crippen LogP contribution is 2.25. The molecule has 166 valence electrons. The van der Waals surface area contributed by atoms with Crippen molar-refractivity contribution in [3.63, 3.8) is 0 Å². The number of aromatic nitrogens is 3. The molecule has 0 aromatic carbocycles. The van der Waals surface area contributed by atoms with E-state index in [-0.39, 0.29) is 18.7 Å². The molecule has 2 heterocycles. The molecular formula is C19H29N5O5S. The molecule has 2 rings (SSSR count). The van der Waals surface area contributed by atoms with Gasteiger partial charge in [-0.2, -0.15) is 0 Å². The van der Waals surface area contributed by atoms with Crippen LogP contribution in [0, 0.1) is 6.92 Å². The lowest BCUT2D eigenvalue weighted by Gasteiger charge is -2.29. The van der Waals surface area contributed by atoms with Gasteiger partial charge in [-0.15, -0.1) is 0 Å². The largest absolute Gasteiger partial charge is 0.465 e. The monoisotopic (exact) mass is 439 g/mol. The number of fused-ring (bicyclic) bond motifs is 1. The number of imidazole rings is 1. The summed E-state index contributed by atoms with van der Waals surface area (Å²) in [6.07, 6.45) is 0.840. The molecule has 0 saturated heterocycles. The van der Waals surface area contributed by atoms with Gasteiger partial charge in [0.05, 0.1) is 27.8 Å². The van der Waals surface area contributed by atoms with Crippen LogP contribution in [0.4, 0.5) is 4.79 Å². The topological polar surface area (TPSA) is 159 Å². The van der Waals surface area contributed by atoms with E-state index in [4.69, 9.17) is 10.8 Å². The fraction of sp³-hybridized carbons (Fsp3) is 0.579. The van der Waals surface area contributed by atoms with E-state index in [1.54, 1.807) is 6.20 Å². The number of pyridine rings is 1. The number of carbonyl (C=O) groups is 2. The van der Waals surface area contributed by atoms with E-state index in [9.17, 15) is 18.0 Å². The Morgan fingerprint density at radius 2 is 2.03 bits per heavy atom. The lowest BCUT2D eigenvalue weighted by Crippen LogP contribution is -2.50. The van der Waals surface area contributed by atoms with Crippen molar-refractivity contribution in [2.45, 2.75) is 57.7 Å². The summed E-state index contributed by atoms with van der Waals surface area (Å²) in [4.78, 5) is 35.8. The summed E-state index contributed by atoms with van der Waals surface area (Å²) in [6.45, 7) is 6.30. The van der Waals surface area contributed by atoms with E-state index in [0.29, 0.717) is 17.7 Å². The molecule has 0 aliphatic heterocycles. The maximum Gasteiger partial charge on any atom is 0.414 e. The Balaban J connectivity index is 2.04. The lowest BCUT2D eigenvalue weighted by molar-refractivity contribution is -0.130. The normalized spacial score (nSPS) is 13.4. The molecule has 0 radical (unpaired) electrons. The maximum atomic E-state index is 12.9. The van der Waals surface area contributed by atoms with Crippen LogP contribution < -0.4 is 5.73 Å². The Kier molecular flexibility index (Phi) is 7.19. The van der Waals surface area contributed by atoms with Crippen molar-refractivity contribution >= 4 is 32.9 Å². The second-order valence-corrected chi connectivity index (χ2v) is 10.6. The summed E-state index contributed by atoms with van der Waals surface area (Å²) in [6, 6.07) is 0.585. The number of nitrogens with zero attached hydrogens (tertiary/aromatic N) is 3. The zero-order chi connectivity index (χ0) is 22.7. The summed E-state index contributed by atoms with van der Waals surface area (Å²) in [5.74, 6) is -0.161. The number of sulfone groups is 1. The number of H-pyrrole nitrogens is 1. The van der Waals surface area contributed by atoms with Gasteiger partial charge >= 0.3 is 6.09 Å². The smallest absolute Gasteiger partial charge is 0.414 e. The summed E-state index contributed by atoms with van der Waals surface area (Å²) in [5, 5.41) is 9.07. The number of amides is 2. The number of carbonyl (C=O) groups excluding carboxylic acids is 1. The molecule has 11 heteroatoms. The van der Waals surface area contributed by atoms with Gasteiger partial charge < -0.3 is 15.8 Å². The number of nitrogens with two attached hydrogens (primary N) is 1. The van der Waals surface area contributed by atoms with Crippen molar-refractivity contribution in [1.29, 1.82) is 0 Å². The van der Waals surface area contributed by atoms with E-state index in [2.05, 4.69) is 15.0 Å². The fourth-order valence-corrected chi connectivity index (χ4v) is 4.84. The number of rotatable bonds is 9. The van der Waals surface area contributed by atoms with Gasteiger partial charge in [-0.05, 0) is 53.0 Å². The Hall–Kier alpha value is -2.53. The summed E-state index contributed by atoms with van der Waals surface area (Å²) in [5.41, 5.74) is 8.16. The van der Waals surface area contributed by atoms with Crippen molar-refractivity contribution in [3.8, 4) is 0 Å². The van der Waals surface area contributed by atoms with Gasteiger partial charge in [-0.3, -0.25) is 9.78 Å². The molecule has 10 nitrogen and oxygen atoms in total. The highest BCUT2D eigenvalue weighted by molar-refractivity contribution is 7.92. The zero-order valence-electron chi connectivity index (χ0n) is 17.7. The third-order valence-electron chi connectivity index (χ3n) is 5.11. The van der Waals surface area contributed by atoms with Crippen molar-refractivity contribution in [1.82, 2.24) is 19.9 Å². The van der Waals surface area contributed by atoms with Gasteiger partial charge in [0.2, 0.25) is 5.91 Å². The van der Waals surface area contributed by atoms with E-state index >= 15 is 0 Å². The molecule has 0 fully saturated rings. The van der Waals surface area contributed by atoms with Crippen LogP contribution in [0.5, 0.6) is 0 Å². The van der Waals surface area contributed by atoms with Gasteiger partial charge in [-0.1, -0.05) is 0 Å². The maximum absolute atomic E-state index is 12.9. The first-order valence-corrected chi connectivity index (χ1v) is 11.4. The van der Waals surface area contributed by atoms with Gasteiger partial charge in [0.1, 0.15) is 11.3 Å². The molecular weight excluding hydrogens is 410 g/mol. The molecule has 2 aromatic rings. The third kappa shape index (κ3) is 5.14. The minimum atomic E-state index is -3.61. The van der Waals surface area contributed by atoms with Crippen molar-refractivity contribution in [3.05, 3.63) is 23.8 Å². The van der Waals surface area contributed by atoms with Crippen LogP contribution in [0.3, 0.4) is 0 Å². The van der Waals surface area contributed by atoms with Crippen LogP contribution in [0.25, 0.3) is 11.0 Å². The fourth-order valence-electron chi connectivity index (χ4n) is 3.33. The van der Waals surface area contributed by atoms with Crippen LogP contribution >= 0.6 is 0 Å². The Labute approximate surface area is 175 Å². The number of nitrogens with one attached hydrogen (secondary N) is 1. The molecule has 30 heavy (non-hydrogen) atoms. The SMILES string of the molecule is CCN(C(=O)O)C(=O)[C@@H](N)CC(C)(C)S(=O)(=O)CCCc1nccc2[nH]c(C)nc12. The van der Waals surface area contributed by atoms with E-state index in [1.165, 1.54) is 20.8 Å². The lowest BCUT2D eigenvalue weighted by atomic mass is 10.0. The molecule has 2 amide bonds. The Bertz CT molecular complexity index is 1030. The molecule has 1 atom stereocenters. The average Bonchev–Trinajstić information content (AvgIpc) is 3.02. The van der Waals surface area contributed by atoms with Crippen LogP contribution in [0.15, 0.2) is 12.3 Å². The predicted octanol–water partition coefficient (Wildman–Crippen LogP) is 1.64. The van der Waals surface area contributed by atoms with Gasteiger partial charge in [-0.25, -0.2) is 23.1 Å². The minimum absolute atomic E-state index is 0.0553. The quantitative estimate of drug-likeness (QED) is 0.531. The first-order chi connectivity index (χ1) is 13.9. The first kappa shape index (κ1) is 23.7. The summed E-state index contributed by atoms with van der Waals surface area (Å²) in [7, 11) is -3.61. The number of imide groups is 1. The number of carboxylic acid groups (broad SMARTS) is 1. The van der Waals surface area contributed by atoms with Crippen LogP contribution in [-0.4, -0.2) is 68.5 Å². The summed E-state index contributed by atoms with van der Waals surface area (Å²) < 4.78 is 24.5. The van der Waals surface area contributed by atoms with Gasteiger partial charge in [0.25, 0.3) is 0 Å². The number of likely N-dealkylation sites (N-methyl/N-ethyl adjacent to an activating group) is 1. The third-order valence-corrected chi connectivity index (χ3v) is 7.78. The molecule has 0 saturated carbocycles. The predicted molar refractivity (Wildman–Crippen MR) is 113 cm³/mol. The van der Waals surface area contributed by atoms with Gasteiger partial charge in [0.15, 0.2) is 9.84 Å². The molecule has 2 aromatic heterocycles. The van der Waals surface area contributed by atoms with E-state index in [1.807, 2.05) is 13.0 Å². The zero-order valence-corrected chi connectivity index (χ0v) is 18.5. The standard InChI is InChI=1S/C19H29N5O5S/c1-5-24(18(26)27)17(25)13(20)11-19(3,4)30(28,29)10-6-7-14-16-15(8-9-21-14)22-12(2)23-16/h8-9,13H,5-7,10-11,20H2,1-4H3,(H,22,23)(H,26,27)/t13-/m0/s1. The first-order valence-electron chi connectivity index (χ1n) is 9.72. The average molecular weight is 440 g/mol. The van der Waals surface area contributed by atoms with Crippen LogP contribution in [-0.2, 0) is 21.1 Å². The Morgan fingerprint density at radius 1 is 1.37 bits per heavy atom. The molecule has 0 unspecified atom stereocenters. The molecule has 0 aliphatic rings. The number of hydrogen-bond acceptors (Lipinski definition) is 7. The second kappa shape index (κ2) is 9.09. The highest BCUT2D eigenvalue weighted by Gasteiger charge is 2.38. The molecule has 4 N–H and O–H groups in total. The van der Waals surface area contributed by atoms with Crippen LogP contribution in [0.2, 0.25) is 0 Å². The number of aromatic amines is 1. The minimum Gasteiger partial charge on any atom is -0.465 e. The molecule has 0 aliphatic carbocycles. The van der Waals surface area contributed by atoms with Crippen molar-refractivity contribution < 1.29 is 23.1 Å². The number of hydrogen-bond donors (Lipinski definition) is 3. The summed E-state index contributed by atoms with van der Waals surface area (Å²) >= 11 is 0. The van der Waals surface area contributed by atoms with Gasteiger partial charge in [0, 0.05) is 12.7 Å². The van der Waals surface area contributed by atoms with E-state index in [0.717, 1.165) is 22.6 Å². The Morgan fingerprint density at radius 3 is 2.63 bits per heavy atom. The number of aryl methyl sites for hydroxylation is 2. The second-order valence-electron chi connectivity index (χ2n) is 7.83.